The van der Waals surface area contributed by atoms with Crippen LogP contribution in [0, 0.1) is 5.82 Å². The second-order valence-corrected chi connectivity index (χ2v) is 6.95. The Morgan fingerprint density at radius 2 is 2.11 bits per heavy atom. The molecule has 3 aromatic rings. The number of rotatable bonds is 5. The van der Waals surface area contributed by atoms with Crippen molar-refractivity contribution in [3.8, 4) is 5.69 Å². The van der Waals surface area contributed by atoms with Crippen LogP contribution in [0.1, 0.15) is 23.5 Å². The topological polar surface area (TPSA) is 71.3 Å². The predicted molar refractivity (Wildman–Crippen MR) is 105 cm³/mol. The standard InChI is InChI=1S/C20H20ClFN4O2/c21-17-9-13(19-11-23-7-8-28-19)1-6-18(17)25-20(27)14-10-24-26(12-14)16-4-2-15(22)3-5-16/h1-6,9-10,12,19-20,23,25,27H,7-8,11H2. The van der Waals surface area contributed by atoms with E-state index in [0.29, 0.717) is 28.6 Å². The molecular weight excluding hydrogens is 383 g/mol. The molecular formula is C20H20ClFN4O2. The van der Waals surface area contributed by atoms with Crippen LogP contribution in [0.5, 0.6) is 0 Å². The molecule has 4 rings (SSSR count). The quantitative estimate of drug-likeness (QED) is 0.570. The van der Waals surface area contributed by atoms with Crippen LogP contribution in [-0.2, 0) is 4.74 Å². The maximum Gasteiger partial charge on any atom is 0.153 e. The number of anilines is 1. The highest BCUT2D eigenvalue weighted by molar-refractivity contribution is 6.33. The van der Waals surface area contributed by atoms with E-state index < -0.39 is 6.23 Å². The molecule has 0 aliphatic carbocycles. The van der Waals surface area contributed by atoms with E-state index in [9.17, 15) is 9.50 Å². The number of ether oxygens (including phenoxy) is 1. The van der Waals surface area contributed by atoms with Crippen molar-refractivity contribution < 1.29 is 14.2 Å². The summed E-state index contributed by atoms with van der Waals surface area (Å²) in [6.45, 7) is 2.26. The number of morpholine rings is 1. The predicted octanol–water partition coefficient (Wildman–Crippen LogP) is 3.43. The summed E-state index contributed by atoms with van der Waals surface area (Å²) < 4.78 is 20.4. The molecule has 2 atom stereocenters. The van der Waals surface area contributed by atoms with E-state index in [1.54, 1.807) is 29.2 Å². The van der Waals surface area contributed by atoms with E-state index in [0.717, 1.165) is 18.7 Å². The first kappa shape index (κ1) is 18.9. The molecule has 1 aliphatic heterocycles. The maximum atomic E-state index is 13.1. The zero-order valence-electron chi connectivity index (χ0n) is 15.0. The lowest BCUT2D eigenvalue weighted by atomic mass is 10.1. The second-order valence-electron chi connectivity index (χ2n) is 6.54. The monoisotopic (exact) mass is 402 g/mol. The van der Waals surface area contributed by atoms with Crippen molar-refractivity contribution >= 4 is 17.3 Å². The van der Waals surface area contributed by atoms with Crippen molar-refractivity contribution in [2.45, 2.75) is 12.3 Å². The van der Waals surface area contributed by atoms with E-state index in [1.165, 1.54) is 12.1 Å². The fourth-order valence-corrected chi connectivity index (χ4v) is 3.32. The zero-order valence-corrected chi connectivity index (χ0v) is 15.7. The van der Waals surface area contributed by atoms with Crippen molar-refractivity contribution in [2.24, 2.45) is 0 Å². The molecule has 146 valence electrons. The zero-order chi connectivity index (χ0) is 19.5. The Hall–Kier alpha value is -2.45. The number of benzene rings is 2. The molecule has 3 N–H and O–H groups in total. The lowest BCUT2D eigenvalue weighted by Gasteiger charge is -2.24. The molecule has 2 unspecified atom stereocenters. The van der Waals surface area contributed by atoms with Crippen LogP contribution in [0.25, 0.3) is 5.69 Å². The Balaban J connectivity index is 1.46. The molecule has 0 spiro atoms. The Morgan fingerprint density at radius 3 is 2.82 bits per heavy atom. The van der Waals surface area contributed by atoms with Crippen LogP contribution in [0.15, 0.2) is 54.9 Å². The number of aliphatic hydroxyl groups excluding tert-OH is 1. The van der Waals surface area contributed by atoms with Crippen molar-refractivity contribution in [3.63, 3.8) is 0 Å². The largest absolute Gasteiger partial charge is 0.371 e. The van der Waals surface area contributed by atoms with Gasteiger partial charge in [-0.3, -0.25) is 0 Å². The average molecular weight is 403 g/mol. The molecule has 2 heterocycles. The van der Waals surface area contributed by atoms with Gasteiger partial charge in [-0.05, 0) is 42.0 Å². The summed E-state index contributed by atoms with van der Waals surface area (Å²) in [5, 5.41) is 21.5. The van der Waals surface area contributed by atoms with Gasteiger partial charge in [-0.2, -0.15) is 5.10 Å². The van der Waals surface area contributed by atoms with E-state index in [1.807, 2.05) is 18.2 Å². The lowest BCUT2D eigenvalue weighted by molar-refractivity contribution is 0.0277. The highest BCUT2D eigenvalue weighted by Gasteiger charge is 2.18. The van der Waals surface area contributed by atoms with Gasteiger partial charge in [0.15, 0.2) is 6.23 Å². The number of aromatic nitrogens is 2. The third-order valence-corrected chi connectivity index (χ3v) is 4.91. The van der Waals surface area contributed by atoms with Gasteiger partial charge in [0.25, 0.3) is 0 Å². The molecule has 1 aromatic heterocycles. The third kappa shape index (κ3) is 4.18. The van der Waals surface area contributed by atoms with Gasteiger partial charge in [-0.15, -0.1) is 0 Å². The number of nitrogens with one attached hydrogen (secondary N) is 2. The summed E-state index contributed by atoms with van der Waals surface area (Å²) in [4.78, 5) is 0. The molecule has 1 saturated heterocycles. The van der Waals surface area contributed by atoms with Crippen molar-refractivity contribution in [1.82, 2.24) is 15.1 Å². The molecule has 6 nitrogen and oxygen atoms in total. The first-order valence-electron chi connectivity index (χ1n) is 8.97. The fraction of sp³-hybridized carbons (Fsp3) is 0.250. The Morgan fingerprint density at radius 1 is 1.29 bits per heavy atom. The second kappa shape index (κ2) is 8.28. The number of hydrogen-bond donors (Lipinski definition) is 3. The minimum absolute atomic E-state index is 0.0286. The fourth-order valence-electron chi connectivity index (χ4n) is 3.07. The Labute approximate surface area is 166 Å². The van der Waals surface area contributed by atoms with Crippen LogP contribution in [0.4, 0.5) is 10.1 Å². The van der Waals surface area contributed by atoms with Gasteiger partial charge in [-0.25, -0.2) is 9.07 Å². The van der Waals surface area contributed by atoms with Crippen molar-refractivity contribution in [2.75, 3.05) is 25.0 Å². The summed E-state index contributed by atoms with van der Waals surface area (Å²) in [5.41, 5.74) is 2.85. The average Bonchev–Trinajstić information content (AvgIpc) is 3.21. The summed E-state index contributed by atoms with van der Waals surface area (Å²) in [5.74, 6) is -0.315. The smallest absolute Gasteiger partial charge is 0.153 e. The van der Waals surface area contributed by atoms with Gasteiger partial charge in [0.2, 0.25) is 0 Å². The highest BCUT2D eigenvalue weighted by atomic mass is 35.5. The summed E-state index contributed by atoms with van der Waals surface area (Å²) in [6.07, 6.45) is 2.20. The molecule has 0 radical (unpaired) electrons. The van der Waals surface area contributed by atoms with Gasteiger partial charge in [0, 0.05) is 24.8 Å². The van der Waals surface area contributed by atoms with Crippen LogP contribution in [-0.4, -0.2) is 34.6 Å². The van der Waals surface area contributed by atoms with Gasteiger partial charge in [0.05, 0.1) is 35.3 Å². The minimum atomic E-state index is -0.995. The molecule has 8 heteroatoms. The van der Waals surface area contributed by atoms with Crippen LogP contribution < -0.4 is 10.6 Å². The lowest BCUT2D eigenvalue weighted by Crippen LogP contribution is -2.33. The molecule has 1 aliphatic rings. The van der Waals surface area contributed by atoms with Crippen molar-refractivity contribution in [1.29, 1.82) is 0 Å². The Bertz CT molecular complexity index is 942. The Kier molecular flexibility index (Phi) is 5.59. The van der Waals surface area contributed by atoms with Gasteiger partial charge >= 0.3 is 0 Å². The SMILES string of the molecule is OC(Nc1ccc(C2CNCCO2)cc1Cl)c1cnn(-c2ccc(F)cc2)c1. The van der Waals surface area contributed by atoms with E-state index in [-0.39, 0.29) is 11.9 Å². The molecule has 0 saturated carbocycles. The van der Waals surface area contributed by atoms with Gasteiger partial charge < -0.3 is 20.5 Å². The minimum Gasteiger partial charge on any atom is -0.371 e. The summed E-state index contributed by atoms with van der Waals surface area (Å²) >= 11 is 6.39. The van der Waals surface area contributed by atoms with Gasteiger partial charge in [-0.1, -0.05) is 17.7 Å². The first-order valence-corrected chi connectivity index (χ1v) is 9.35. The normalized spacial score (nSPS) is 18.0. The highest BCUT2D eigenvalue weighted by Crippen LogP contribution is 2.30. The summed E-state index contributed by atoms with van der Waals surface area (Å²) in [7, 11) is 0. The van der Waals surface area contributed by atoms with Crippen LogP contribution >= 0.6 is 11.6 Å². The van der Waals surface area contributed by atoms with Crippen LogP contribution in [0.3, 0.4) is 0 Å². The first-order chi connectivity index (χ1) is 13.6. The molecule has 1 fully saturated rings. The van der Waals surface area contributed by atoms with Crippen molar-refractivity contribution in [3.05, 3.63) is 76.8 Å². The number of halogens is 2. The molecule has 0 amide bonds. The number of nitrogens with zero attached hydrogens (tertiary/aromatic N) is 2. The molecule has 2 aromatic carbocycles. The number of aliphatic hydroxyl groups is 1. The molecule has 28 heavy (non-hydrogen) atoms. The number of hydrogen-bond acceptors (Lipinski definition) is 5. The third-order valence-electron chi connectivity index (χ3n) is 4.59. The van der Waals surface area contributed by atoms with Gasteiger partial charge in [0.1, 0.15) is 5.82 Å². The maximum absolute atomic E-state index is 13.1. The molecule has 0 bridgehead atoms. The summed E-state index contributed by atoms with van der Waals surface area (Å²) in [6, 6.07) is 11.5. The van der Waals surface area contributed by atoms with Crippen LogP contribution in [0.2, 0.25) is 5.02 Å². The van der Waals surface area contributed by atoms with E-state index in [2.05, 4.69) is 15.7 Å². The van der Waals surface area contributed by atoms with E-state index in [4.69, 9.17) is 16.3 Å². The van der Waals surface area contributed by atoms with E-state index >= 15 is 0 Å².